The van der Waals surface area contributed by atoms with Crippen molar-refractivity contribution in [3.05, 3.63) is 115 Å². The van der Waals surface area contributed by atoms with E-state index in [4.69, 9.17) is 0 Å². The van der Waals surface area contributed by atoms with Gasteiger partial charge in [0, 0.05) is 34.6 Å². The van der Waals surface area contributed by atoms with Gasteiger partial charge in [-0.15, -0.1) is 25.6 Å². The highest BCUT2D eigenvalue weighted by molar-refractivity contribution is 7.19. The summed E-state index contributed by atoms with van der Waals surface area (Å²) in [5, 5.41) is 32.3. The largest absolute Gasteiger partial charge is 0.416 e. The van der Waals surface area contributed by atoms with E-state index in [-0.39, 0.29) is 0 Å². The Labute approximate surface area is 266 Å². The lowest BCUT2D eigenvalue weighted by molar-refractivity contribution is -0.137. The Bertz CT molecular complexity index is 2110. The number of hydrogen-bond acceptors (Lipinski definition) is 8. The Morgan fingerprint density at radius 2 is 0.957 bits per heavy atom. The van der Waals surface area contributed by atoms with Gasteiger partial charge in [-0.25, -0.2) is 0 Å². The lowest BCUT2D eigenvalue weighted by Gasteiger charge is -2.13. The SMILES string of the molecule is FC(F)(F)c1ccc(/N=N/c2ccc(/N=N/c3ccc(/N=N/c4ccc(N5CCCC5)s4)c4ccccc34)c3ccccc23)cc1. The summed E-state index contributed by atoms with van der Waals surface area (Å²) in [4.78, 5) is 2.39. The summed E-state index contributed by atoms with van der Waals surface area (Å²) in [6.45, 7) is 2.18. The first-order valence-electron chi connectivity index (χ1n) is 14.7. The zero-order valence-electron chi connectivity index (χ0n) is 24.4. The summed E-state index contributed by atoms with van der Waals surface area (Å²) >= 11 is 1.65. The van der Waals surface area contributed by atoms with Gasteiger partial charge in [0.25, 0.3) is 0 Å². The number of benzene rings is 5. The van der Waals surface area contributed by atoms with Crippen molar-refractivity contribution in [1.82, 2.24) is 0 Å². The number of rotatable bonds is 7. The molecule has 7 rings (SSSR count). The Kier molecular flexibility index (Phi) is 8.06. The van der Waals surface area contributed by atoms with Gasteiger partial charge in [0.05, 0.1) is 39.0 Å². The molecule has 5 aromatic carbocycles. The second-order valence-electron chi connectivity index (χ2n) is 10.7. The minimum absolute atomic E-state index is 0.318. The molecule has 0 atom stereocenters. The Morgan fingerprint density at radius 1 is 0.500 bits per heavy atom. The third-order valence-electron chi connectivity index (χ3n) is 7.74. The number of alkyl halides is 3. The van der Waals surface area contributed by atoms with Crippen LogP contribution in [-0.2, 0) is 6.18 Å². The van der Waals surface area contributed by atoms with Gasteiger partial charge >= 0.3 is 6.18 Å². The normalized spacial score (nSPS) is 14.2. The number of azo groups is 3. The van der Waals surface area contributed by atoms with Crippen molar-refractivity contribution >= 4 is 71.3 Å². The van der Waals surface area contributed by atoms with Crippen molar-refractivity contribution in [3.63, 3.8) is 0 Å². The molecule has 1 aliphatic heterocycles. The molecule has 1 saturated heterocycles. The minimum Gasteiger partial charge on any atom is -0.363 e. The first-order valence-corrected chi connectivity index (χ1v) is 15.5. The van der Waals surface area contributed by atoms with Gasteiger partial charge in [0.2, 0.25) is 0 Å². The Morgan fingerprint density at radius 3 is 1.43 bits per heavy atom. The number of thiophene rings is 1. The molecule has 0 aliphatic carbocycles. The van der Waals surface area contributed by atoms with Crippen LogP contribution in [-0.4, -0.2) is 13.1 Å². The zero-order valence-corrected chi connectivity index (χ0v) is 25.2. The van der Waals surface area contributed by atoms with Gasteiger partial charge < -0.3 is 4.90 Å². The minimum atomic E-state index is -4.41. The predicted molar refractivity (Wildman–Crippen MR) is 178 cm³/mol. The molecule has 7 nitrogen and oxygen atoms in total. The smallest absolute Gasteiger partial charge is 0.363 e. The summed E-state index contributed by atoms with van der Waals surface area (Å²) in [6.07, 6.45) is -1.95. The molecule has 1 aliphatic rings. The van der Waals surface area contributed by atoms with E-state index in [1.807, 2.05) is 66.7 Å². The molecule has 0 bridgehead atoms. The predicted octanol–water partition coefficient (Wildman–Crippen LogP) is 12.9. The molecule has 11 heteroatoms. The first kappa shape index (κ1) is 29.4. The fourth-order valence-corrected chi connectivity index (χ4v) is 6.28. The maximum absolute atomic E-state index is 12.9. The summed E-state index contributed by atoms with van der Waals surface area (Å²) in [6, 6.07) is 31.5. The van der Waals surface area contributed by atoms with Crippen molar-refractivity contribution < 1.29 is 13.2 Å². The van der Waals surface area contributed by atoms with Crippen molar-refractivity contribution in [2.45, 2.75) is 19.0 Å². The van der Waals surface area contributed by atoms with Crippen molar-refractivity contribution in [2.24, 2.45) is 30.7 Å². The average Bonchev–Trinajstić information content (AvgIpc) is 3.79. The number of anilines is 1. The molecule has 0 radical (unpaired) electrons. The van der Waals surface area contributed by atoms with Crippen molar-refractivity contribution in [2.75, 3.05) is 18.0 Å². The van der Waals surface area contributed by atoms with E-state index in [1.165, 1.54) is 30.0 Å². The molecular weight excluding hydrogens is 607 g/mol. The third-order valence-corrected chi connectivity index (χ3v) is 8.77. The molecule has 0 N–H and O–H groups in total. The zero-order chi connectivity index (χ0) is 31.5. The molecular formula is C35H26F3N7S. The fourth-order valence-electron chi connectivity index (χ4n) is 5.40. The molecule has 2 heterocycles. The Hall–Kier alpha value is -5.29. The molecule has 1 fully saturated rings. The molecule has 0 unspecified atom stereocenters. The maximum atomic E-state index is 12.9. The molecule has 0 spiro atoms. The standard InChI is InChI=1S/C35H26F3N7S/c36-35(37,38)23-11-13-24(14-12-23)39-40-29-15-16-30(26-8-2-1-7-25(26)29)41-42-31-17-18-32(28-10-4-3-9-27(28)31)43-44-33-19-20-34(46-33)45-21-5-6-22-45/h1-4,7-20H,5-6,21-22H2/b40-39+,42-41+,44-43+. The lowest BCUT2D eigenvalue weighted by atomic mass is 10.1. The molecule has 0 saturated carbocycles. The first-order chi connectivity index (χ1) is 22.4. The van der Waals surface area contributed by atoms with E-state index in [2.05, 4.69) is 41.7 Å². The van der Waals surface area contributed by atoms with E-state index >= 15 is 0 Å². The molecule has 46 heavy (non-hydrogen) atoms. The van der Waals surface area contributed by atoms with Crippen molar-refractivity contribution in [3.8, 4) is 0 Å². The molecule has 228 valence electrons. The summed E-state index contributed by atoms with van der Waals surface area (Å²) in [5.41, 5.74) is 2.23. The maximum Gasteiger partial charge on any atom is 0.416 e. The average molecular weight is 634 g/mol. The van der Waals surface area contributed by atoms with Gasteiger partial charge in [-0.2, -0.15) is 18.3 Å². The highest BCUT2D eigenvalue weighted by atomic mass is 32.1. The van der Waals surface area contributed by atoms with E-state index < -0.39 is 11.7 Å². The quantitative estimate of drug-likeness (QED) is 0.161. The van der Waals surface area contributed by atoms with Crippen LogP contribution in [0.5, 0.6) is 0 Å². The van der Waals surface area contributed by atoms with Gasteiger partial charge in [-0.05, 0) is 73.5 Å². The van der Waals surface area contributed by atoms with Gasteiger partial charge in [-0.3, -0.25) is 0 Å². The molecule has 6 aromatic rings. The van der Waals surface area contributed by atoms with Gasteiger partial charge in [0.1, 0.15) is 5.00 Å². The lowest BCUT2D eigenvalue weighted by Crippen LogP contribution is -2.15. The van der Waals surface area contributed by atoms with Crippen molar-refractivity contribution in [1.29, 1.82) is 0 Å². The van der Waals surface area contributed by atoms with Crippen LogP contribution in [0, 0.1) is 0 Å². The highest BCUT2D eigenvalue weighted by Gasteiger charge is 2.30. The topological polar surface area (TPSA) is 77.4 Å². The van der Waals surface area contributed by atoms with Gasteiger partial charge in [-0.1, -0.05) is 59.9 Å². The van der Waals surface area contributed by atoms with Crippen LogP contribution in [0.2, 0.25) is 0 Å². The molecule has 0 amide bonds. The van der Waals surface area contributed by atoms with Crippen LogP contribution in [0.25, 0.3) is 21.5 Å². The monoisotopic (exact) mass is 633 g/mol. The van der Waals surface area contributed by atoms with Crippen LogP contribution in [0.15, 0.2) is 140 Å². The second-order valence-corrected chi connectivity index (χ2v) is 11.8. The van der Waals surface area contributed by atoms with Crippen LogP contribution >= 0.6 is 11.3 Å². The second kappa shape index (κ2) is 12.6. The van der Waals surface area contributed by atoms with Crippen LogP contribution in [0.4, 0.5) is 51.6 Å². The summed E-state index contributed by atoms with van der Waals surface area (Å²) < 4.78 is 38.7. The number of hydrogen-bond donors (Lipinski definition) is 0. The van der Waals surface area contributed by atoms with Crippen LogP contribution in [0.1, 0.15) is 18.4 Å². The van der Waals surface area contributed by atoms with E-state index in [0.29, 0.717) is 22.7 Å². The summed E-state index contributed by atoms with van der Waals surface area (Å²) in [7, 11) is 0. The van der Waals surface area contributed by atoms with Crippen LogP contribution in [0.3, 0.4) is 0 Å². The van der Waals surface area contributed by atoms with E-state index in [1.54, 1.807) is 23.5 Å². The summed E-state index contributed by atoms with van der Waals surface area (Å²) in [5.74, 6) is 0. The third kappa shape index (κ3) is 6.27. The number of nitrogens with zero attached hydrogens (tertiary/aromatic N) is 7. The number of halogens is 3. The van der Waals surface area contributed by atoms with E-state index in [9.17, 15) is 13.2 Å². The Balaban J connectivity index is 1.14. The highest BCUT2D eigenvalue weighted by Crippen LogP contribution is 2.40. The molecule has 1 aromatic heterocycles. The fraction of sp³-hybridized carbons (Fsp3) is 0.143. The van der Waals surface area contributed by atoms with Crippen LogP contribution < -0.4 is 4.90 Å². The van der Waals surface area contributed by atoms with Gasteiger partial charge in [0.15, 0.2) is 0 Å². The van der Waals surface area contributed by atoms with E-state index in [0.717, 1.165) is 57.5 Å². The number of fused-ring (bicyclic) bond motifs is 2.